The quantitative estimate of drug-likeness (QED) is 0.656. The van der Waals surface area contributed by atoms with Crippen LogP contribution in [0.5, 0.6) is 11.5 Å². The van der Waals surface area contributed by atoms with E-state index < -0.39 is 11.3 Å². The van der Waals surface area contributed by atoms with Crippen LogP contribution in [0.3, 0.4) is 0 Å². The summed E-state index contributed by atoms with van der Waals surface area (Å²) in [4.78, 5) is 14.8. The Morgan fingerprint density at radius 2 is 1.88 bits per heavy atom. The molecule has 9 heteroatoms. The number of nitrogens with one attached hydrogen (secondary N) is 2. The highest BCUT2D eigenvalue weighted by Crippen LogP contribution is 2.34. The summed E-state index contributed by atoms with van der Waals surface area (Å²) in [7, 11) is 4.86. The lowest BCUT2D eigenvalue weighted by atomic mass is 9.93. The second-order valence-electron chi connectivity index (χ2n) is 6.16. The third-order valence-corrected chi connectivity index (χ3v) is 5.14. The van der Waals surface area contributed by atoms with E-state index in [4.69, 9.17) is 9.47 Å². The SMILES string of the molecule is CNc1cc(OC)c(OC)cc1C(=O)N1CCC(CCNS(=O)[O-])CC1. The van der Waals surface area contributed by atoms with Gasteiger partial charge in [-0.2, -0.15) is 0 Å². The van der Waals surface area contributed by atoms with Gasteiger partial charge in [-0.1, -0.05) is 0 Å². The molecule has 0 radical (unpaired) electrons. The molecule has 1 fully saturated rings. The molecular weight excluding hydrogens is 358 g/mol. The number of carbonyl (C=O) groups is 1. The molecule has 2 N–H and O–H groups in total. The molecule has 1 saturated heterocycles. The Morgan fingerprint density at radius 3 is 2.42 bits per heavy atom. The second-order valence-corrected chi connectivity index (χ2v) is 6.91. The summed E-state index contributed by atoms with van der Waals surface area (Å²) in [6.07, 6.45) is 2.51. The van der Waals surface area contributed by atoms with E-state index >= 15 is 0 Å². The van der Waals surface area contributed by atoms with E-state index in [9.17, 15) is 13.6 Å². The van der Waals surface area contributed by atoms with E-state index in [2.05, 4.69) is 10.0 Å². The first-order chi connectivity index (χ1) is 12.5. The van der Waals surface area contributed by atoms with Crippen LogP contribution >= 0.6 is 0 Å². The topological polar surface area (TPSA) is 103 Å². The summed E-state index contributed by atoms with van der Waals surface area (Å²) in [6, 6.07) is 3.46. The highest BCUT2D eigenvalue weighted by atomic mass is 32.2. The number of hydrogen-bond donors (Lipinski definition) is 2. The first-order valence-corrected chi connectivity index (χ1v) is 9.63. The van der Waals surface area contributed by atoms with Crippen LogP contribution in [-0.2, 0) is 11.3 Å². The van der Waals surface area contributed by atoms with Crippen molar-refractivity contribution in [1.29, 1.82) is 0 Å². The molecule has 1 aromatic rings. The van der Waals surface area contributed by atoms with Crippen LogP contribution in [0.4, 0.5) is 5.69 Å². The minimum atomic E-state index is -2.21. The fourth-order valence-corrected chi connectivity index (χ4v) is 3.49. The number of likely N-dealkylation sites (tertiary alicyclic amines) is 1. The van der Waals surface area contributed by atoms with Crippen molar-refractivity contribution < 1.29 is 23.0 Å². The molecule has 1 atom stereocenters. The Morgan fingerprint density at radius 1 is 1.27 bits per heavy atom. The van der Waals surface area contributed by atoms with Gasteiger partial charge in [0.2, 0.25) is 0 Å². The molecule has 0 saturated carbocycles. The van der Waals surface area contributed by atoms with Gasteiger partial charge in [0.15, 0.2) is 11.5 Å². The van der Waals surface area contributed by atoms with Crippen molar-refractivity contribution in [2.75, 3.05) is 46.2 Å². The van der Waals surface area contributed by atoms with Crippen molar-refractivity contribution in [3.05, 3.63) is 17.7 Å². The molecule has 0 aliphatic carbocycles. The number of ether oxygens (including phenoxy) is 2. The number of piperidine rings is 1. The smallest absolute Gasteiger partial charge is 0.256 e. The van der Waals surface area contributed by atoms with Crippen molar-refractivity contribution in [3.63, 3.8) is 0 Å². The van der Waals surface area contributed by atoms with E-state index in [1.54, 1.807) is 33.4 Å². The zero-order valence-corrected chi connectivity index (χ0v) is 16.2. The fraction of sp³-hybridized carbons (Fsp3) is 0.588. The monoisotopic (exact) mass is 384 g/mol. The first-order valence-electron chi connectivity index (χ1n) is 8.56. The van der Waals surface area contributed by atoms with Crippen LogP contribution < -0.4 is 19.5 Å². The molecule has 1 unspecified atom stereocenters. The summed E-state index contributed by atoms with van der Waals surface area (Å²) in [5.74, 6) is 1.45. The lowest BCUT2D eigenvalue weighted by molar-refractivity contribution is 0.0688. The van der Waals surface area contributed by atoms with E-state index in [0.29, 0.717) is 48.3 Å². The Balaban J connectivity index is 2.02. The molecule has 1 amide bonds. The van der Waals surface area contributed by atoms with Gasteiger partial charge in [0.25, 0.3) is 5.91 Å². The van der Waals surface area contributed by atoms with Crippen LogP contribution in [0.2, 0.25) is 0 Å². The van der Waals surface area contributed by atoms with E-state index in [0.717, 1.165) is 19.3 Å². The lowest BCUT2D eigenvalue weighted by Crippen LogP contribution is -2.39. The standard InChI is InChI=1S/C17H27N3O5S/c1-18-14-11-16(25-3)15(24-2)10-13(14)17(21)20-8-5-12(6-9-20)4-7-19-26(22)23/h10-12,18-19H,4-9H2,1-3H3,(H,22,23)/p-1. The average Bonchev–Trinajstić information content (AvgIpc) is 2.66. The van der Waals surface area contributed by atoms with Crippen LogP contribution in [-0.4, -0.2) is 60.5 Å². The molecule has 26 heavy (non-hydrogen) atoms. The predicted molar refractivity (Wildman–Crippen MR) is 99.3 cm³/mol. The van der Waals surface area contributed by atoms with Crippen LogP contribution in [0.1, 0.15) is 29.6 Å². The first kappa shape index (κ1) is 20.5. The van der Waals surface area contributed by atoms with Gasteiger partial charge in [-0.3, -0.25) is 9.00 Å². The van der Waals surface area contributed by atoms with Crippen molar-refractivity contribution in [3.8, 4) is 11.5 Å². The number of rotatable bonds is 8. The van der Waals surface area contributed by atoms with Crippen LogP contribution in [0.25, 0.3) is 0 Å². The van der Waals surface area contributed by atoms with Crippen molar-refractivity contribution in [2.45, 2.75) is 19.3 Å². The summed E-state index contributed by atoms with van der Waals surface area (Å²) in [6.45, 7) is 1.75. The molecule has 1 aliphatic heterocycles. The minimum absolute atomic E-state index is 0.0486. The zero-order valence-electron chi connectivity index (χ0n) is 15.4. The molecule has 8 nitrogen and oxygen atoms in total. The van der Waals surface area contributed by atoms with Crippen molar-refractivity contribution in [1.82, 2.24) is 9.62 Å². The number of nitrogens with zero attached hydrogens (tertiary/aromatic N) is 1. The number of hydrogen-bond acceptors (Lipinski definition) is 6. The normalized spacial score (nSPS) is 16.2. The minimum Gasteiger partial charge on any atom is -0.760 e. The van der Waals surface area contributed by atoms with Gasteiger partial charge in [-0.25, -0.2) is 4.72 Å². The highest BCUT2D eigenvalue weighted by Gasteiger charge is 2.26. The molecule has 0 spiro atoms. The number of amides is 1. The largest absolute Gasteiger partial charge is 0.760 e. The number of anilines is 1. The molecule has 1 aromatic carbocycles. The Hall–Kier alpha value is -1.84. The molecule has 1 heterocycles. The van der Waals surface area contributed by atoms with Crippen molar-refractivity contribution in [2.24, 2.45) is 5.92 Å². The Labute approximate surface area is 156 Å². The molecule has 1 aliphatic rings. The molecule has 0 aromatic heterocycles. The third-order valence-electron chi connectivity index (χ3n) is 4.70. The van der Waals surface area contributed by atoms with Crippen LogP contribution in [0, 0.1) is 5.92 Å². The molecule has 146 valence electrons. The fourth-order valence-electron chi connectivity index (χ4n) is 3.20. The average molecular weight is 384 g/mol. The molecular formula is C17H26N3O5S-. The number of benzene rings is 1. The second kappa shape index (κ2) is 9.75. The third kappa shape index (κ3) is 5.09. The van der Waals surface area contributed by atoms with E-state index in [1.165, 1.54) is 0 Å². The predicted octanol–water partition coefficient (Wildman–Crippen LogP) is 1.37. The Kier molecular flexibility index (Phi) is 7.67. The maximum Gasteiger partial charge on any atom is 0.256 e. The highest BCUT2D eigenvalue weighted by molar-refractivity contribution is 7.77. The van der Waals surface area contributed by atoms with Crippen molar-refractivity contribution >= 4 is 22.9 Å². The van der Waals surface area contributed by atoms with E-state index in [1.807, 2.05) is 4.90 Å². The van der Waals surface area contributed by atoms with Gasteiger partial charge >= 0.3 is 0 Å². The van der Waals surface area contributed by atoms with Gasteiger partial charge in [0.05, 0.1) is 25.5 Å². The van der Waals surface area contributed by atoms with Gasteiger partial charge in [0.1, 0.15) is 0 Å². The zero-order chi connectivity index (χ0) is 19.1. The van der Waals surface area contributed by atoms with Gasteiger partial charge in [0, 0.05) is 44.0 Å². The summed E-state index contributed by atoms with van der Waals surface area (Å²) < 4.78 is 34.0. The summed E-state index contributed by atoms with van der Waals surface area (Å²) in [5, 5.41) is 3.04. The van der Waals surface area contributed by atoms with Gasteiger partial charge in [-0.15, -0.1) is 0 Å². The lowest BCUT2D eigenvalue weighted by Gasteiger charge is -2.32. The maximum atomic E-state index is 13.0. The van der Waals surface area contributed by atoms with Crippen LogP contribution in [0.15, 0.2) is 12.1 Å². The van der Waals surface area contributed by atoms with E-state index in [-0.39, 0.29) is 5.91 Å². The Bertz CT molecular complexity index is 648. The molecule has 2 rings (SSSR count). The summed E-state index contributed by atoms with van der Waals surface area (Å²) in [5.41, 5.74) is 1.24. The van der Waals surface area contributed by atoms with Gasteiger partial charge < -0.3 is 24.2 Å². The summed E-state index contributed by atoms with van der Waals surface area (Å²) >= 11 is -2.21. The number of methoxy groups -OCH3 is 2. The molecule has 0 bridgehead atoms. The number of carbonyl (C=O) groups excluding carboxylic acids is 1. The van der Waals surface area contributed by atoms with Gasteiger partial charge in [-0.05, 0) is 31.2 Å². The maximum absolute atomic E-state index is 13.0.